The molecule has 0 saturated heterocycles. The number of aryl methyl sites for hydroxylation is 2. The normalized spacial score (nSPS) is 10.3. The number of pyridine rings is 1. The van der Waals surface area contributed by atoms with Crippen molar-refractivity contribution in [2.45, 2.75) is 26.3 Å². The summed E-state index contributed by atoms with van der Waals surface area (Å²) in [5.41, 5.74) is 1.03. The summed E-state index contributed by atoms with van der Waals surface area (Å²) in [5.74, 6) is 0. The summed E-state index contributed by atoms with van der Waals surface area (Å²) < 4.78 is 1.67. The van der Waals surface area contributed by atoms with Crippen LogP contribution in [-0.2, 0) is 6.54 Å². The van der Waals surface area contributed by atoms with Crippen molar-refractivity contribution < 1.29 is 5.11 Å². The first-order valence-electron chi connectivity index (χ1n) is 4.52. The van der Waals surface area contributed by atoms with Crippen molar-refractivity contribution in [1.82, 2.24) is 4.57 Å². The molecule has 1 heterocycles. The van der Waals surface area contributed by atoms with Crippen LogP contribution in [0.25, 0.3) is 0 Å². The lowest BCUT2D eigenvalue weighted by Gasteiger charge is -2.04. The van der Waals surface area contributed by atoms with Gasteiger partial charge >= 0.3 is 0 Å². The summed E-state index contributed by atoms with van der Waals surface area (Å²) in [6, 6.07) is 3.54. The van der Waals surface area contributed by atoms with E-state index in [4.69, 9.17) is 5.11 Å². The van der Waals surface area contributed by atoms with Crippen LogP contribution in [0.3, 0.4) is 0 Å². The Labute approximate surface area is 77.6 Å². The van der Waals surface area contributed by atoms with Crippen molar-refractivity contribution in [3.8, 4) is 0 Å². The third kappa shape index (κ3) is 3.03. The van der Waals surface area contributed by atoms with E-state index in [-0.39, 0.29) is 12.2 Å². The van der Waals surface area contributed by atoms with Gasteiger partial charge in [0, 0.05) is 25.4 Å². The lowest BCUT2D eigenvalue weighted by atomic mass is 10.3. The van der Waals surface area contributed by atoms with E-state index < -0.39 is 0 Å². The molecule has 0 aliphatic heterocycles. The highest BCUT2D eigenvalue weighted by atomic mass is 16.2. The van der Waals surface area contributed by atoms with Gasteiger partial charge in [-0.25, -0.2) is 0 Å². The Morgan fingerprint density at radius 3 is 2.85 bits per heavy atom. The van der Waals surface area contributed by atoms with E-state index in [0.717, 1.165) is 18.4 Å². The molecule has 0 bridgehead atoms. The fourth-order valence-electron chi connectivity index (χ4n) is 1.19. The van der Waals surface area contributed by atoms with Gasteiger partial charge in [-0.3, -0.25) is 4.79 Å². The number of hydrogen-bond acceptors (Lipinski definition) is 2. The molecule has 1 rings (SSSR count). The number of nitrogens with zero attached hydrogens (tertiary/aromatic N) is 1. The third-order valence-corrected chi connectivity index (χ3v) is 1.96. The van der Waals surface area contributed by atoms with Crippen molar-refractivity contribution in [2.24, 2.45) is 0 Å². The molecule has 1 aromatic rings. The van der Waals surface area contributed by atoms with Crippen LogP contribution in [0.15, 0.2) is 23.1 Å². The summed E-state index contributed by atoms with van der Waals surface area (Å²) >= 11 is 0. The molecule has 0 radical (unpaired) electrons. The summed E-state index contributed by atoms with van der Waals surface area (Å²) in [6.45, 7) is 2.79. The highest BCUT2D eigenvalue weighted by molar-refractivity contribution is 5.07. The predicted molar refractivity (Wildman–Crippen MR) is 51.8 cm³/mol. The second kappa shape index (κ2) is 4.82. The zero-order valence-corrected chi connectivity index (χ0v) is 7.86. The number of aliphatic hydroxyl groups excluding tert-OH is 1. The van der Waals surface area contributed by atoms with E-state index in [1.165, 1.54) is 0 Å². The largest absolute Gasteiger partial charge is 0.396 e. The zero-order chi connectivity index (χ0) is 9.68. The topological polar surface area (TPSA) is 42.2 Å². The summed E-state index contributed by atoms with van der Waals surface area (Å²) in [4.78, 5) is 11.3. The van der Waals surface area contributed by atoms with Crippen molar-refractivity contribution in [2.75, 3.05) is 6.61 Å². The number of hydrogen-bond donors (Lipinski definition) is 1. The second-order valence-electron chi connectivity index (χ2n) is 3.17. The van der Waals surface area contributed by atoms with Gasteiger partial charge in [0.05, 0.1) is 0 Å². The average Bonchev–Trinajstić information content (AvgIpc) is 2.09. The molecule has 0 amide bonds. The van der Waals surface area contributed by atoms with Gasteiger partial charge in [-0.15, -0.1) is 0 Å². The highest BCUT2D eigenvalue weighted by Crippen LogP contribution is 1.94. The smallest absolute Gasteiger partial charge is 0.250 e. The number of rotatable bonds is 4. The van der Waals surface area contributed by atoms with E-state index >= 15 is 0 Å². The molecular weight excluding hydrogens is 166 g/mol. The Hall–Kier alpha value is -1.09. The standard InChI is InChI=1S/C10H15NO2/c1-9-4-6-11(10(13)8-9)5-2-3-7-12/h4,6,8,12H,2-3,5,7H2,1H3. The summed E-state index contributed by atoms with van der Waals surface area (Å²) in [6.07, 6.45) is 3.40. The lowest BCUT2D eigenvalue weighted by Crippen LogP contribution is -2.18. The second-order valence-corrected chi connectivity index (χ2v) is 3.17. The van der Waals surface area contributed by atoms with Crippen LogP contribution in [-0.4, -0.2) is 16.3 Å². The fraction of sp³-hybridized carbons (Fsp3) is 0.500. The van der Waals surface area contributed by atoms with Gasteiger partial charge in [-0.05, 0) is 31.4 Å². The molecule has 3 heteroatoms. The van der Waals surface area contributed by atoms with Crippen LogP contribution in [0.1, 0.15) is 18.4 Å². The third-order valence-electron chi connectivity index (χ3n) is 1.96. The number of aliphatic hydroxyl groups is 1. The number of aromatic nitrogens is 1. The monoisotopic (exact) mass is 181 g/mol. The Bertz CT molecular complexity index is 317. The van der Waals surface area contributed by atoms with Crippen LogP contribution < -0.4 is 5.56 Å². The van der Waals surface area contributed by atoms with Crippen LogP contribution >= 0.6 is 0 Å². The van der Waals surface area contributed by atoms with E-state index in [2.05, 4.69) is 0 Å². The number of unbranched alkanes of at least 4 members (excludes halogenated alkanes) is 1. The van der Waals surface area contributed by atoms with E-state index in [1.807, 2.05) is 13.0 Å². The first-order valence-corrected chi connectivity index (χ1v) is 4.52. The van der Waals surface area contributed by atoms with E-state index in [0.29, 0.717) is 6.54 Å². The van der Waals surface area contributed by atoms with Gasteiger partial charge in [0.25, 0.3) is 5.56 Å². The van der Waals surface area contributed by atoms with Gasteiger partial charge < -0.3 is 9.67 Å². The van der Waals surface area contributed by atoms with Crippen molar-refractivity contribution in [1.29, 1.82) is 0 Å². The van der Waals surface area contributed by atoms with Crippen LogP contribution in [0, 0.1) is 6.92 Å². The van der Waals surface area contributed by atoms with E-state index in [9.17, 15) is 4.79 Å². The first-order chi connectivity index (χ1) is 6.24. The summed E-state index contributed by atoms with van der Waals surface area (Å²) in [5, 5.41) is 8.57. The minimum atomic E-state index is 0.0398. The molecule has 0 saturated carbocycles. The molecule has 3 nitrogen and oxygen atoms in total. The van der Waals surface area contributed by atoms with Crippen LogP contribution in [0.5, 0.6) is 0 Å². The van der Waals surface area contributed by atoms with Crippen molar-refractivity contribution in [3.63, 3.8) is 0 Å². The Balaban J connectivity index is 2.62. The van der Waals surface area contributed by atoms with Gasteiger partial charge in [0.1, 0.15) is 0 Å². The maximum atomic E-state index is 11.3. The van der Waals surface area contributed by atoms with Gasteiger partial charge in [0.15, 0.2) is 0 Å². The molecule has 0 aromatic carbocycles. The minimum Gasteiger partial charge on any atom is -0.396 e. The Morgan fingerprint density at radius 1 is 1.46 bits per heavy atom. The van der Waals surface area contributed by atoms with Crippen LogP contribution in [0.2, 0.25) is 0 Å². The molecule has 0 spiro atoms. The van der Waals surface area contributed by atoms with Gasteiger partial charge in [-0.1, -0.05) is 0 Å². The molecule has 13 heavy (non-hydrogen) atoms. The first kappa shape index (κ1) is 9.99. The van der Waals surface area contributed by atoms with Crippen molar-refractivity contribution in [3.05, 3.63) is 34.2 Å². The quantitative estimate of drug-likeness (QED) is 0.702. The van der Waals surface area contributed by atoms with Gasteiger partial charge in [-0.2, -0.15) is 0 Å². The van der Waals surface area contributed by atoms with Crippen molar-refractivity contribution >= 4 is 0 Å². The maximum absolute atomic E-state index is 11.3. The zero-order valence-electron chi connectivity index (χ0n) is 7.86. The van der Waals surface area contributed by atoms with Gasteiger partial charge in [0.2, 0.25) is 0 Å². The Kier molecular flexibility index (Phi) is 3.71. The molecule has 1 N–H and O–H groups in total. The van der Waals surface area contributed by atoms with E-state index in [1.54, 1.807) is 16.8 Å². The SMILES string of the molecule is Cc1ccn(CCCCO)c(=O)c1. The average molecular weight is 181 g/mol. The lowest BCUT2D eigenvalue weighted by molar-refractivity contribution is 0.281. The fourth-order valence-corrected chi connectivity index (χ4v) is 1.19. The molecule has 0 fully saturated rings. The molecule has 0 aliphatic carbocycles. The molecule has 0 aliphatic rings. The summed E-state index contributed by atoms with van der Waals surface area (Å²) in [7, 11) is 0. The molecule has 0 atom stereocenters. The Morgan fingerprint density at radius 2 is 2.23 bits per heavy atom. The molecule has 1 aromatic heterocycles. The predicted octanol–water partition coefficient (Wildman–Crippen LogP) is 0.929. The maximum Gasteiger partial charge on any atom is 0.250 e. The molecular formula is C10H15NO2. The molecule has 0 unspecified atom stereocenters. The molecule has 72 valence electrons. The minimum absolute atomic E-state index is 0.0398. The van der Waals surface area contributed by atoms with Crippen LogP contribution in [0.4, 0.5) is 0 Å². The highest BCUT2D eigenvalue weighted by Gasteiger charge is 1.94.